The minimum Gasteiger partial charge on any atom is -0.507 e. The Morgan fingerprint density at radius 2 is 1.80 bits per heavy atom. The van der Waals surface area contributed by atoms with Crippen molar-refractivity contribution < 1.29 is 24.5 Å². The molecule has 2 aromatic carbocycles. The maximum Gasteiger partial charge on any atom is 0.238 e. The zero-order valence-corrected chi connectivity index (χ0v) is 13.0. The summed E-state index contributed by atoms with van der Waals surface area (Å²) in [5.74, 6) is -1.46. The van der Waals surface area contributed by atoms with Gasteiger partial charge in [-0.25, -0.2) is 0 Å². The number of rotatable bonds is 5. The van der Waals surface area contributed by atoms with Crippen LogP contribution in [0.15, 0.2) is 45.6 Å². The molecule has 0 fully saturated rings. The summed E-state index contributed by atoms with van der Waals surface area (Å²) in [5, 5.41) is 32.6. The molecule has 1 amide bonds. The van der Waals surface area contributed by atoms with Crippen molar-refractivity contribution in [3.63, 3.8) is 0 Å². The number of fused-ring (bicyclic) bond motifs is 1. The van der Waals surface area contributed by atoms with Gasteiger partial charge in [-0.15, -0.1) is 0 Å². The standard InChI is InChI=1S/C18H15NO6/c20-9-19-7-6-11-12(21)8-13(22)14-15(23)16(24)17(25-18(11)14)10-4-2-1-3-5-10/h1-5,8-9,21-22,24H,6-7H2,(H,19,20). The lowest BCUT2D eigenvalue weighted by molar-refractivity contribution is -0.109. The molecule has 128 valence electrons. The van der Waals surface area contributed by atoms with Crippen molar-refractivity contribution in [2.45, 2.75) is 6.42 Å². The molecule has 3 aromatic rings. The summed E-state index contributed by atoms with van der Waals surface area (Å²) >= 11 is 0. The van der Waals surface area contributed by atoms with Crippen molar-refractivity contribution in [1.82, 2.24) is 5.32 Å². The van der Waals surface area contributed by atoms with E-state index < -0.39 is 16.9 Å². The fraction of sp³-hybridized carbons (Fsp3) is 0.111. The van der Waals surface area contributed by atoms with Crippen molar-refractivity contribution in [3.8, 4) is 28.6 Å². The van der Waals surface area contributed by atoms with Gasteiger partial charge in [-0.2, -0.15) is 0 Å². The highest BCUT2D eigenvalue weighted by Crippen LogP contribution is 2.38. The van der Waals surface area contributed by atoms with E-state index in [9.17, 15) is 24.9 Å². The maximum absolute atomic E-state index is 12.5. The van der Waals surface area contributed by atoms with Gasteiger partial charge >= 0.3 is 0 Å². The van der Waals surface area contributed by atoms with Gasteiger partial charge in [0.15, 0.2) is 5.76 Å². The summed E-state index contributed by atoms with van der Waals surface area (Å²) in [6, 6.07) is 9.52. The molecule has 3 rings (SSSR count). The number of carbonyl (C=O) groups is 1. The van der Waals surface area contributed by atoms with E-state index in [1.54, 1.807) is 30.3 Å². The monoisotopic (exact) mass is 341 g/mol. The van der Waals surface area contributed by atoms with Crippen LogP contribution >= 0.6 is 0 Å². The van der Waals surface area contributed by atoms with Crippen molar-refractivity contribution >= 4 is 17.4 Å². The van der Waals surface area contributed by atoms with Crippen LogP contribution in [0.1, 0.15) is 5.56 Å². The van der Waals surface area contributed by atoms with Crippen molar-refractivity contribution in [2.75, 3.05) is 6.54 Å². The molecule has 0 aliphatic rings. The van der Waals surface area contributed by atoms with Crippen LogP contribution in [-0.2, 0) is 11.2 Å². The molecular weight excluding hydrogens is 326 g/mol. The van der Waals surface area contributed by atoms with E-state index in [4.69, 9.17) is 4.42 Å². The highest BCUT2D eigenvalue weighted by molar-refractivity contribution is 5.91. The second-order valence-corrected chi connectivity index (χ2v) is 5.39. The first kappa shape index (κ1) is 16.4. The minimum absolute atomic E-state index is 0.0353. The first-order chi connectivity index (χ1) is 12.0. The Bertz CT molecular complexity index is 994. The molecule has 0 unspecified atom stereocenters. The molecule has 25 heavy (non-hydrogen) atoms. The first-order valence-electron chi connectivity index (χ1n) is 7.50. The molecule has 7 heteroatoms. The third-order valence-corrected chi connectivity index (χ3v) is 3.84. The normalized spacial score (nSPS) is 10.7. The van der Waals surface area contributed by atoms with Gasteiger partial charge < -0.3 is 25.1 Å². The first-order valence-corrected chi connectivity index (χ1v) is 7.50. The molecule has 0 saturated heterocycles. The minimum atomic E-state index is -0.804. The Morgan fingerprint density at radius 1 is 1.08 bits per heavy atom. The number of amides is 1. The maximum atomic E-state index is 12.5. The zero-order chi connectivity index (χ0) is 18.0. The molecule has 0 aliphatic heterocycles. The van der Waals surface area contributed by atoms with Crippen LogP contribution in [0.2, 0.25) is 0 Å². The second kappa shape index (κ2) is 6.56. The molecule has 1 heterocycles. The third kappa shape index (κ3) is 2.87. The molecule has 0 atom stereocenters. The van der Waals surface area contributed by atoms with Crippen LogP contribution in [0.25, 0.3) is 22.3 Å². The molecule has 1 aromatic heterocycles. The molecule has 4 N–H and O–H groups in total. The number of aromatic hydroxyl groups is 3. The summed E-state index contributed by atoms with van der Waals surface area (Å²) in [6.07, 6.45) is 0.681. The van der Waals surface area contributed by atoms with E-state index in [1.165, 1.54) is 0 Å². The topological polar surface area (TPSA) is 120 Å². The fourth-order valence-electron chi connectivity index (χ4n) is 2.66. The van der Waals surface area contributed by atoms with Gasteiger partial charge in [0, 0.05) is 23.7 Å². The molecular formula is C18H15NO6. The molecule has 0 radical (unpaired) electrons. The van der Waals surface area contributed by atoms with Crippen molar-refractivity contribution in [1.29, 1.82) is 0 Å². The summed E-state index contributed by atoms with van der Waals surface area (Å²) in [7, 11) is 0. The van der Waals surface area contributed by atoms with E-state index in [0.29, 0.717) is 12.0 Å². The van der Waals surface area contributed by atoms with E-state index in [2.05, 4.69) is 5.32 Å². The van der Waals surface area contributed by atoms with Gasteiger partial charge in [0.2, 0.25) is 17.6 Å². The Labute approximate surface area is 141 Å². The van der Waals surface area contributed by atoms with Crippen LogP contribution in [0, 0.1) is 0 Å². The Balaban J connectivity index is 2.32. The lowest BCUT2D eigenvalue weighted by atomic mass is 10.0. The smallest absolute Gasteiger partial charge is 0.238 e. The van der Waals surface area contributed by atoms with E-state index in [1.807, 2.05) is 0 Å². The van der Waals surface area contributed by atoms with Gasteiger partial charge in [0.1, 0.15) is 22.5 Å². The summed E-state index contributed by atoms with van der Waals surface area (Å²) < 4.78 is 5.70. The molecule has 0 aliphatic carbocycles. The van der Waals surface area contributed by atoms with Gasteiger partial charge in [-0.3, -0.25) is 9.59 Å². The lowest BCUT2D eigenvalue weighted by Gasteiger charge is -2.12. The molecule has 0 bridgehead atoms. The number of phenols is 2. The Morgan fingerprint density at radius 3 is 2.48 bits per heavy atom. The third-order valence-electron chi connectivity index (χ3n) is 3.84. The van der Waals surface area contributed by atoms with Crippen molar-refractivity contribution in [3.05, 3.63) is 52.2 Å². The number of hydrogen-bond acceptors (Lipinski definition) is 6. The van der Waals surface area contributed by atoms with Crippen LogP contribution in [0.3, 0.4) is 0 Å². The summed E-state index contributed by atoms with van der Waals surface area (Å²) in [4.78, 5) is 22.9. The molecule has 0 saturated carbocycles. The van der Waals surface area contributed by atoms with E-state index in [-0.39, 0.29) is 41.0 Å². The van der Waals surface area contributed by atoms with Gasteiger partial charge in [-0.05, 0) is 6.42 Å². The fourth-order valence-corrected chi connectivity index (χ4v) is 2.66. The van der Waals surface area contributed by atoms with Gasteiger partial charge in [0.05, 0.1) is 0 Å². The second-order valence-electron chi connectivity index (χ2n) is 5.39. The van der Waals surface area contributed by atoms with Gasteiger partial charge in [-0.1, -0.05) is 30.3 Å². The zero-order valence-electron chi connectivity index (χ0n) is 13.0. The summed E-state index contributed by atoms with van der Waals surface area (Å²) in [6.45, 7) is 0.197. The molecule has 7 nitrogen and oxygen atoms in total. The number of benzene rings is 2. The van der Waals surface area contributed by atoms with E-state index >= 15 is 0 Å². The largest absolute Gasteiger partial charge is 0.507 e. The van der Waals surface area contributed by atoms with Crippen LogP contribution in [0.5, 0.6) is 17.2 Å². The lowest BCUT2D eigenvalue weighted by Crippen LogP contribution is -2.15. The quantitative estimate of drug-likeness (QED) is 0.415. The molecule has 0 spiro atoms. The van der Waals surface area contributed by atoms with Crippen LogP contribution in [-0.4, -0.2) is 28.3 Å². The SMILES string of the molecule is O=CNCCc1c(O)cc(O)c2c(=O)c(O)c(-c3ccccc3)oc12. The number of carbonyl (C=O) groups excluding carboxylic acids is 1. The average Bonchev–Trinajstić information content (AvgIpc) is 2.61. The predicted octanol–water partition coefficient (Wildman–Crippen LogP) is 1.87. The number of phenolic OH excluding ortho intramolecular Hbond substituents is 2. The van der Waals surface area contributed by atoms with Crippen molar-refractivity contribution in [2.24, 2.45) is 0 Å². The Hall–Kier alpha value is -3.48. The predicted molar refractivity (Wildman–Crippen MR) is 90.7 cm³/mol. The number of hydrogen-bond donors (Lipinski definition) is 4. The van der Waals surface area contributed by atoms with Crippen LogP contribution < -0.4 is 10.7 Å². The average molecular weight is 341 g/mol. The summed E-state index contributed by atoms with van der Waals surface area (Å²) in [5.41, 5.74) is -0.121. The number of nitrogens with one attached hydrogen (secondary N) is 1. The Kier molecular flexibility index (Phi) is 4.30. The van der Waals surface area contributed by atoms with E-state index in [0.717, 1.165) is 6.07 Å². The highest BCUT2D eigenvalue weighted by atomic mass is 16.4. The highest BCUT2D eigenvalue weighted by Gasteiger charge is 2.22. The van der Waals surface area contributed by atoms with Crippen LogP contribution in [0.4, 0.5) is 0 Å². The van der Waals surface area contributed by atoms with Gasteiger partial charge in [0.25, 0.3) is 0 Å².